The number of nitrogens with zero attached hydrogens (tertiary/aromatic N) is 2. The summed E-state index contributed by atoms with van der Waals surface area (Å²) in [6.07, 6.45) is 1.32. The number of fused-ring (bicyclic) bond motifs is 1. The molecule has 0 saturated carbocycles. The number of sulfonamides is 1. The number of thiazole rings is 1. The first kappa shape index (κ1) is 24.4. The normalized spacial score (nSPS) is 19.0. The van der Waals surface area contributed by atoms with Crippen LogP contribution >= 0.6 is 11.3 Å². The molecule has 0 bridgehead atoms. The van der Waals surface area contributed by atoms with Gasteiger partial charge in [-0.25, -0.2) is 18.1 Å². The van der Waals surface area contributed by atoms with Crippen molar-refractivity contribution >= 4 is 36.7 Å². The molecule has 0 radical (unpaired) electrons. The van der Waals surface area contributed by atoms with E-state index in [1.54, 1.807) is 18.2 Å². The van der Waals surface area contributed by atoms with Crippen molar-refractivity contribution in [2.45, 2.75) is 51.5 Å². The molecule has 2 heterocycles. The minimum Gasteiger partial charge on any atom is -0.391 e. The van der Waals surface area contributed by atoms with Gasteiger partial charge in [-0.2, -0.15) is 0 Å². The van der Waals surface area contributed by atoms with Crippen molar-refractivity contribution in [3.63, 3.8) is 0 Å². The van der Waals surface area contributed by atoms with E-state index in [4.69, 9.17) is 0 Å². The van der Waals surface area contributed by atoms with Crippen molar-refractivity contribution in [3.05, 3.63) is 18.2 Å². The van der Waals surface area contributed by atoms with Crippen LogP contribution in [0.3, 0.4) is 0 Å². The Hall–Kier alpha value is -1.26. The number of aromatic nitrogens is 1. The van der Waals surface area contributed by atoms with E-state index in [9.17, 15) is 13.5 Å². The van der Waals surface area contributed by atoms with Gasteiger partial charge in [0.15, 0.2) is 5.13 Å². The van der Waals surface area contributed by atoms with E-state index >= 15 is 0 Å². The summed E-state index contributed by atoms with van der Waals surface area (Å²) in [5, 5.41) is 13.9. The fourth-order valence-electron chi connectivity index (χ4n) is 4.05. The maximum Gasteiger partial charge on any atom is 0.240 e. The van der Waals surface area contributed by atoms with Gasteiger partial charge >= 0.3 is 0 Å². The SMILES string of the molecule is CC(C)CC(O)CNc1nc2ccc(S(=O)(=O)NCC3CCN(CC(C)C)C3)cc2s1. The summed E-state index contributed by atoms with van der Waals surface area (Å²) < 4.78 is 29.3. The number of aliphatic hydroxyl groups is 1. The summed E-state index contributed by atoms with van der Waals surface area (Å²) >= 11 is 1.41. The molecule has 1 saturated heterocycles. The van der Waals surface area contributed by atoms with E-state index in [-0.39, 0.29) is 4.90 Å². The average Bonchev–Trinajstić information content (AvgIpc) is 3.29. The highest BCUT2D eigenvalue weighted by Gasteiger charge is 2.25. The van der Waals surface area contributed by atoms with Crippen LogP contribution in [0.4, 0.5) is 5.13 Å². The Morgan fingerprint density at radius 2 is 2.03 bits per heavy atom. The molecule has 9 heteroatoms. The largest absolute Gasteiger partial charge is 0.391 e. The predicted octanol–water partition coefficient (Wildman–Crippen LogP) is 3.37. The van der Waals surface area contributed by atoms with Gasteiger partial charge < -0.3 is 15.3 Å². The summed E-state index contributed by atoms with van der Waals surface area (Å²) in [5.74, 6) is 1.41. The lowest BCUT2D eigenvalue weighted by molar-refractivity contribution is 0.161. The molecular formula is C22H36N4O3S2. The molecule has 2 unspecified atom stereocenters. The van der Waals surface area contributed by atoms with Gasteiger partial charge in [-0.1, -0.05) is 39.0 Å². The Balaban J connectivity index is 1.58. The molecule has 1 aliphatic rings. The van der Waals surface area contributed by atoms with Crippen LogP contribution in [0.15, 0.2) is 23.1 Å². The Morgan fingerprint density at radius 3 is 2.74 bits per heavy atom. The Kier molecular flexibility index (Phi) is 8.31. The number of aliphatic hydroxyl groups excluding tert-OH is 1. The minimum absolute atomic E-state index is 0.270. The molecule has 0 amide bonds. The number of hydrogen-bond donors (Lipinski definition) is 3. The number of benzene rings is 1. The lowest BCUT2D eigenvalue weighted by Crippen LogP contribution is -2.31. The second-order valence-corrected chi connectivity index (χ2v) is 12.3. The van der Waals surface area contributed by atoms with E-state index in [1.165, 1.54) is 11.3 Å². The molecule has 7 nitrogen and oxygen atoms in total. The number of anilines is 1. The van der Waals surface area contributed by atoms with Gasteiger partial charge in [0.1, 0.15) is 0 Å². The summed E-state index contributed by atoms with van der Waals surface area (Å²) in [5.41, 5.74) is 0.755. The van der Waals surface area contributed by atoms with Crippen LogP contribution in [-0.2, 0) is 10.0 Å². The lowest BCUT2D eigenvalue weighted by atomic mass is 10.1. The molecule has 0 aliphatic carbocycles. The van der Waals surface area contributed by atoms with Crippen molar-refractivity contribution in [1.82, 2.24) is 14.6 Å². The third-order valence-electron chi connectivity index (χ3n) is 5.46. The van der Waals surface area contributed by atoms with Crippen LogP contribution in [0.2, 0.25) is 0 Å². The zero-order chi connectivity index (χ0) is 22.6. The minimum atomic E-state index is -3.56. The standard InChI is InChI=1S/C22H36N4O3S2/c1-15(2)9-18(27)12-23-22-25-20-6-5-19(10-21(20)30-22)31(28,29)24-11-17-7-8-26(14-17)13-16(3)4/h5-6,10,15-18,24,27H,7-9,11-14H2,1-4H3,(H,23,25). The van der Waals surface area contributed by atoms with E-state index in [0.29, 0.717) is 36.0 Å². The van der Waals surface area contributed by atoms with Crippen LogP contribution in [0.25, 0.3) is 10.2 Å². The number of hydrogen-bond acceptors (Lipinski definition) is 7. The molecule has 2 aromatic rings. The van der Waals surface area contributed by atoms with Gasteiger partial charge in [-0.05, 0) is 55.3 Å². The Morgan fingerprint density at radius 1 is 1.26 bits per heavy atom. The molecule has 1 fully saturated rings. The van der Waals surface area contributed by atoms with Crippen LogP contribution < -0.4 is 10.0 Å². The molecular weight excluding hydrogens is 432 g/mol. The smallest absolute Gasteiger partial charge is 0.240 e. The number of likely N-dealkylation sites (tertiary alicyclic amines) is 1. The van der Waals surface area contributed by atoms with Gasteiger partial charge in [0, 0.05) is 26.2 Å². The van der Waals surface area contributed by atoms with Crippen LogP contribution in [0.5, 0.6) is 0 Å². The summed E-state index contributed by atoms with van der Waals surface area (Å²) in [6, 6.07) is 5.04. The average molecular weight is 469 g/mol. The molecule has 0 spiro atoms. The highest BCUT2D eigenvalue weighted by molar-refractivity contribution is 7.89. The maximum atomic E-state index is 12.8. The van der Waals surface area contributed by atoms with Crippen molar-refractivity contribution in [2.75, 3.05) is 38.0 Å². The lowest BCUT2D eigenvalue weighted by Gasteiger charge is -2.18. The molecule has 31 heavy (non-hydrogen) atoms. The van der Waals surface area contributed by atoms with Crippen LogP contribution in [0.1, 0.15) is 40.5 Å². The molecule has 2 atom stereocenters. The van der Waals surface area contributed by atoms with E-state index < -0.39 is 16.1 Å². The highest BCUT2D eigenvalue weighted by Crippen LogP contribution is 2.28. The Labute approximate surface area is 190 Å². The van der Waals surface area contributed by atoms with Gasteiger partial charge in [0.25, 0.3) is 0 Å². The second-order valence-electron chi connectivity index (χ2n) is 9.47. The van der Waals surface area contributed by atoms with Crippen molar-refractivity contribution in [2.24, 2.45) is 17.8 Å². The van der Waals surface area contributed by atoms with Crippen molar-refractivity contribution in [3.8, 4) is 0 Å². The quantitative estimate of drug-likeness (QED) is 0.468. The van der Waals surface area contributed by atoms with Crippen molar-refractivity contribution in [1.29, 1.82) is 0 Å². The first-order valence-electron chi connectivity index (χ1n) is 11.2. The zero-order valence-corrected chi connectivity index (χ0v) is 20.6. The molecule has 1 aliphatic heterocycles. The molecule has 1 aromatic heterocycles. The zero-order valence-electron chi connectivity index (χ0n) is 19.0. The second kappa shape index (κ2) is 10.6. The molecule has 1 aromatic carbocycles. The van der Waals surface area contributed by atoms with Gasteiger partial charge in [-0.3, -0.25) is 0 Å². The van der Waals surface area contributed by atoms with Gasteiger partial charge in [-0.15, -0.1) is 0 Å². The first-order chi connectivity index (χ1) is 14.6. The Bertz CT molecular complexity index is 959. The van der Waals surface area contributed by atoms with Crippen LogP contribution in [0, 0.1) is 17.8 Å². The van der Waals surface area contributed by atoms with E-state index in [0.717, 1.165) is 42.7 Å². The third kappa shape index (κ3) is 7.12. The van der Waals surface area contributed by atoms with Crippen molar-refractivity contribution < 1.29 is 13.5 Å². The van der Waals surface area contributed by atoms with Gasteiger partial charge in [0.2, 0.25) is 10.0 Å². The topological polar surface area (TPSA) is 94.6 Å². The third-order valence-corrected chi connectivity index (χ3v) is 7.86. The fourth-order valence-corrected chi connectivity index (χ4v) is 6.18. The monoisotopic (exact) mass is 468 g/mol. The van der Waals surface area contributed by atoms with Crippen LogP contribution in [-0.4, -0.2) is 62.2 Å². The predicted molar refractivity (Wildman–Crippen MR) is 128 cm³/mol. The fraction of sp³-hybridized carbons (Fsp3) is 0.682. The summed E-state index contributed by atoms with van der Waals surface area (Å²) in [4.78, 5) is 7.19. The highest BCUT2D eigenvalue weighted by atomic mass is 32.2. The molecule has 3 rings (SSSR count). The molecule has 174 valence electrons. The van der Waals surface area contributed by atoms with E-state index in [2.05, 4.69) is 47.6 Å². The first-order valence-corrected chi connectivity index (χ1v) is 13.5. The summed E-state index contributed by atoms with van der Waals surface area (Å²) in [7, 11) is -3.56. The number of rotatable bonds is 11. The number of nitrogens with one attached hydrogen (secondary N) is 2. The van der Waals surface area contributed by atoms with E-state index in [1.807, 2.05) is 0 Å². The maximum absolute atomic E-state index is 12.8. The summed E-state index contributed by atoms with van der Waals surface area (Å²) in [6.45, 7) is 12.5. The van der Waals surface area contributed by atoms with Gasteiger partial charge in [0.05, 0.1) is 21.2 Å². The molecule has 3 N–H and O–H groups in total.